The molecule has 0 aromatic heterocycles. The van der Waals surface area contributed by atoms with Crippen LogP contribution in [0.1, 0.15) is 58.8 Å². The largest absolute Gasteiger partial charge is 0.390 e. The molecule has 0 amide bonds. The molecular formula is C13H24O. The van der Waals surface area contributed by atoms with Gasteiger partial charge in [-0.25, -0.2) is 0 Å². The molecule has 0 spiro atoms. The molecule has 0 aromatic carbocycles. The Morgan fingerprint density at radius 2 is 2.00 bits per heavy atom. The van der Waals surface area contributed by atoms with Gasteiger partial charge in [0.1, 0.15) is 0 Å². The molecule has 3 rings (SSSR count). The normalized spacial score (nSPS) is 43.9. The van der Waals surface area contributed by atoms with Gasteiger partial charge in [0.05, 0.1) is 5.60 Å². The van der Waals surface area contributed by atoms with E-state index in [1.165, 1.54) is 32.1 Å². The Labute approximate surface area is 87.9 Å². The van der Waals surface area contributed by atoms with Crippen molar-refractivity contribution in [2.24, 2.45) is 17.8 Å². The summed E-state index contributed by atoms with van der Waals surface area (Å²) < 4.78 is 0. The van der Waals surface area contributed by atoms with Gasteiger partial charge in [0.25, 0.3) is 0 Å². The number of aliphatic hydroxyl groups is 1. The van der Waals surface area contributed by atoms with Gasteiger partial charge in [0, 0.05) is 0 Å². The molecular weight excluding hydrogens is 172 g/mol. The van der Waals surface area contributed by atoms with Gasteiger partial charge in [-0.15, -0.1) is 0 Å². The fraction of sp³-hybridized carbons (Fsp3) is 1.00. The van der Waals surface area contributed by atoms with E-state index in [9.17, 15) is 5.11 Å². The Morgan fingerprint density at radius 3 is 2.50 bits per heavy atom. The van der Waals surface area contributed by atoms with Crippen LogP contribution in [-0.4, -0.2) is 10.7 Å². The topological polar surface area (TPSA) is 20.2 Å². The van der Waals surface area contributed by atoms with E-state index in [0.29, 0.717) is 5.92 Å². The van der Waals surface area contributed by atoms with Crippen molar-refractivity contribution in [2.45, 2.75) is 64.4 Å². The molecule has 3 saturated carbocycles. The van der Waals surface area contributed by atoms with E-state index in [2.05, 4.69) is 13.8 Å². The lowest BCUT2D eigenvalue weighted by molar-refractivity contribution is -0.122. The summed E-state index contributed by atoms with van der Waals surface area (Å²) in [5.74, 6) is 2.27. The summed E-state index contributed by atoms with van der Waals surface area (Å²) in [6.07, 6.45) is 8.58. The second-order valence-corrected chi connectivity index (χ2v) is 5.66. The smallest absolute Gasteiger partial charge is 0.0678 e. The zero-order valence-electron chi connectivity index (χ0n) is 9.63. The van der Waals surface area contributed by atoms with Crippen LogP contribution in [-0.2, 0) is 0 Å². The summed E-state index contributed by atoms with van der Waals surface area (Å²) in [5.41, 5.74) is -0.274. The average molecular weight is 196 g/mol. The molecule has 0 heterocycles. The molecule has 2 unspecified atom stereocenters. The molecule has 2 atom stereocenters. The highest BCUT2D eigenvalue weighted by Gasteiger charge is 2.47. The lowest BCUT2D eigenvalue weighted by Gasteiger charge is -2.51. The van der Waals surface area contributed by atoms with Gasteiger partial charge < -0.3 is 5.11 Å². The van der Waals surface area contributed by atoms with Crippen molar-refractivity contribution >= 4 is 0 Å². The lowest BCUT2D eigenvalue weighted by atomic mass is 9.58. The summed E-state index contributed by atoms with van der Waals surface area (Å²) in [5, 5.41) is 10.6. The Morgan fingerprint density at radius 1 is 1.36 bits per heavy atom. The average Bonchev–Trinajstić information content (AvgIpc) is 2.18. The number of hydrogen-bond donors (Lipinski definition) is 1. The summed E-state index contributed by atoms with van der Waals surface area (Å²) >= 11 is 0. The van der Waals surface area contributed by atoms with Crippen LogP contribution in [0.2, 0.25) is 0 Å². The minimum atomic E-state index is -0.274. The highest BCUT2D eigenvalue weighted by Crippen LogP contribution is 2.51. The van der Waals surface area contributed by atoms with E-state index in [1.807, 2.05) is 0 Å². The van der Waals surface area contributed by atoms with Crippen LogP contribution < -0.4 is 0 Å². The Balaban J connectivity index is 2.04. The Bertz CT molecular complexity index is 191. The minimum Gasteiger partial charge on any atom is -0.390 e. The van der Waals surface area contributed by atoms with Crippen molar-refractivity contribution < 1.29 is 5.11 Å². The van der Waals surface area contributed by atoms with E-state index in [4.69, 9.17) is 0 Å². The molecule has 2 bridgehead atoms. The molecule has 3 fully saturated rings. The van der Waals surface area contributed by atoms with Crippen LogP contribution in [0, 0.1) is 17.8 Å². The second kappa shape index (κ2) is 3.84. The third-order valence-electron chi connectivity index (χ3n) is 4.68. The van der Waals surface area contributed by atoms with Gasteiger partial charge in [0.2, 0.25) is 0 Å². The van der Waals surface area contributed by atoms with E-state index in [1.54, 1.807) is 0 Å². The van der Waals surface area contributed by atoms with Gasteiger partial charge in [-0.2, -0.15) is 0 Å². The maximum Gasteiger partial charge on any atom is 0.0678 e. The van der Waals surface area contributed by atoms with Crippen LogP contribution in [0.4, 0.5) is 0 Å². The van der Waals surface area contributed by atoms with E-state index in [-0.39, 0.29) is 5.60 Å². The maximum absolute atomic E-state index is 10.6. The fourth-order valence-electron chi connectivity index (χ4n) is 3.78. The maximum atomic E-state index is 10.6. The quantitative estimate of drug-likeness (QED) is 0.734. The van der Waals surface area contributed by atoms with Crippen molar-refractivity contribution in [2.75, 3.05) is 0 Å². The lowest BCUT2D eigenvalue weighted by Crippen LogP contribution is -2.50. The molecule has 14 heavy (non-hydrogen) atoms. The van der Waals surface area contributed by atoms with Gasteiger partial charge in [-0.3, -0.25) is 0 Å². The van der Waals surface area contributed by atoms with Gasteiger partial charge in [0.15, 0.2) is 0 Å². The molecule has 0 saturated heterocycles. The number of hydrogen-bond acceptors (Lipinski definition) is 1. The van der Waals surface area contributed by atoms with Gasteiger partial charge in [-0.1, -0.05) is 26.7 Å². The van der Waals surface area contributed by atoms with Crippen LogP contribution >= 0.6 is 0 Å². The predicted molar refractivity (Wildman–Crippen MR) is 59.1 cm³/mol. The first kappa shape index (κ1) is 10.5. The summed E-state index contributed by atoms with van der Waals surface area (Å²) in [6.45, 7) is 4.59. The van der Waals surface area contributed by atoms with Crippen LogP contribution in [0.25, 0.3) is 0 Å². The summed E-state index contributed by atoms with van der Waals surface area (Å²) in [4.78, 5) is 0. The predicted octanol–water partition coefficient (Wildman–Crippen LogP) is 3.36. The first-order valence-corrected chi connectivity index (χ1v) is 6.38. The van der Waals surface area contributed by atoms with Crippen molar-refractivity contribution in [1.29, 1.82) is 0 Å². The molecule has 0 aliphatic heterocycles. The minimum absolute atomic E-state index is 0.274. The van der Waals surface area contributed by atoms with E-state index in [0.717, 1.165) is 24.7 Å². The third-order valence-corrected chi connectivity index (χ3v) is 4.68. The van der Waals surface area contributed by atoms with E-state index >= 15 is 0 Å². The highest BCUT2D eigenvalue weighted by molar-refractivity contribution is 4.99. The van der Waals surface area contributed by atoms with Crippen LogP contribution in [0.3, 0.4) is 0 Å². The zero-order valence-corrected chi connectivity index (χ0v) is 9.63. The molecule has 1 nitrogen and oxygen atoms in total. The molecule has 1 N–H and O–H groups in total. The van der Waals surface area contributed by atoms with Gasteiger partial charge >= 0.3 is 0 Å². The second-order valence-electron chi connectivity index (χ2n) is 5.66. The summed E-state index contributed by atoms with van der Waals surface area (Å²) in [7, 11) is 0. The van der Waals surface area contributed by atoms with Crippen molar-refractivity contribution in [3.8, 4) is 0 Å². The Hall–Kier alpha value is -0.0400. The third kappa shape index (κ3) is 1.71. The van der Waals surface area contributed by atoms with Crippen molar-refractivity contribution in [3.05, 3.63) is 0 Å². The summed E-state index contributed by atoms with van der Waals surface area (Å²) in [6, 6.07) is 0. The first-order chi connectivity index (χ1) is 6.65. The Kier molecular flexibility index (Phi) is 2.88. The molecule has 0 aromatic rings. The fourth-order valence-corrected chi connectivity index (χ4v) is 3.78. The molecule has 3 aliphatic carbocycles. The van der Waals surface area contributed by atoms with Crippen LogP contribution in [0.5, 0.6) is 0 Å². The van der Waals surface area contributed by atoms with Crippen molar-refractivity contribution in [3.63, 3.8) is 0 Å². The number of rotatable bonds is 3. The molecule has 82 valence electrons. The van der Waals surface area contributed by atoms with E-state index < -0.39 is 0 Å². The highest BCUT2D eigenvalue weighted by atomic mass is 16.3. The first-order valence-electron chi connectivity index (χ1n) is 6.38. The van der Waals surface area contributed by atoms with Crippen molar-refractivity contribution in [1.82, 2.24) is 0 Å². The zero-order chi connectivity index (χ0) is 10.2. The molecule has 1 heteroatoms. The number of fused-ring (bicyclic) bond motifs is 3. The monoisotopic (exact) mass is 196 g/mol. The molecule has 3 aliphatic rings. The van der Waals surface area contributed by atoms with Gasteiger partial charge in [-0.05, 0) is 49.9 Å². The SMILES string of the molecule is CCCC(C)C1CC2CCC1(O)CC2. The molecule has 0 radical (unpaired) electrons. The standard InChI is InChI=1S/C13H24O/c1-3-4-10(2)12-9-11-5-7-13(12,14)8-6-11/h10-12,14H,3-9H2,1-2H3. The van der Waals surface area contributed by atoms with Crippen LogP contribution in [0.15, 0.2) is 0 Å².